The van der Waals surface area contributed by atoms with E-state index in [0.29, 0.717) is 18.0 Å². The monoisotopic (exact) mass is 294 g/mol. The van der Waals surface area contributed by atoms with Crippen LogP contribution in [0.3, 0.4) is 0 Å². The molecule has 3 nitrogen and oxygen atoms in total. The van der Waals surface area contributed by atoms with Gasteiger partial charge in [0.2, 0.25) is 0 Å². The fraction of sp³-hybridized carbons (Fsp3) is 0.462. The van der Waals surface area contributed by atoms with Crippen LogP contribution in [0.15, 0.2) is 22.7 Å². The number of nitriles is 1. The second-order valence-corrected chi connectivity index (χ2v) is 5.47. The van der Waals surface area contributed by atoms with Crippen LogP contribution in [-0.2, 0) is 0 Å². The average Bonchev–Trinajstić information content (AvgIpc) is 2.32. The number of hydrogen-bond donors (Lipinski definition) is 1. The van der Waals surface area contributed by atoms with Gasteiger partial charge < -0.3 is 10.0 Å². The molecule has 17 heavy (non-hydrogen) atoms. The molecular weight excluding hydrogens is 280 g/mol. The smallest absolute Gasteiger partial charge is 0.101 e. The van der Waals surface area contributed by atoms with Gasteiger partial charge in [-0.3, -0.25) is 0 Å². The van der Waals surface area contributed by atoms with Crippen molar-refractivity contribution >= 4 is 21.6 Å². The minimum Gasteiger partial charge on any atom is -0.391 e. The Morgan fingerprint density at radius 3 is 2.94 bits per heavy atom. The maximum atomic E-state index is 9.89. The van der Waals surface area contributed by atoms with Gasteiger partial charge in [-0.2, -0.15) is 5.26 Å². The molecule has 2 atom stereocenters. The molecule has 1 aromatic carbocycles. The van der Waals surface area contributed by atoms with Crippen molar-refractivity contribution in [3.8, 4) is 6.07 Å². The molecule has 4 heteroatoms. The summed E-state index contributed by atoms with van der Waals surface area (Å²) in [4.78, 5) is 2.09. The molecular formula is C13H15BrN2O. The van der Waals surface area contributed by atoms with E-state index in [1.807, 2.05) is 18.2 Å². The van der Waals surface area contributed by atoms with Crippen molar-refractivity contribution < 1.29 is 5.11 Å². The predicted octanol–water partition coefficient (Wildman–Crippen LogP) is 2.53. The van der Waals surface area contributed by atoms with Crippen molar-refractivity contribution in [1.29, 1.82) is 5.26 Å². The highest BCUT2D eigenvalue weighted by Crippen LogP contribution is 2.28. The van der Waals surface area contributed by atoms with Crippen molar-refractivity contribution in [3.63, 3.8) is 0 Å². The average molecular weight is 295 g/mol. The molecule has 1 heterocycles. The third kappa shape index (κ3) is 2.62. The van der Waals surface area contributed by atoms with Crippen molar-refractivity contribution in [2.24, 2.45) is 5.92 Å². The Bertz CT molecular complexity index is 455. The molecule has 0 unspecified atom stereocenters. The molecule has 0 radical (unpaired) electrons. The molecule has 1 fully saturated rings. The van der Waals surface area contributed by atoms with Gasteiger partial charge in [0, 0.05) is 17.6 Å². The van der Waals surface area contributed by atoms with Crippen LogP contribution in [-0.4, -0.2) is 24.3 Å². The van der Waals surface area contributed by atoms with E-state index in [2.05, 4.69) is 33.8 Å². The van der Waals surface area contributed by atoms with E-state index in [1.165, 1.54) is 0 Å². The molecule has 0 saturated carbocycles. The van der Waals surface area contributed by atoms with E-state index < -0.39 is 0 Å². The number of β-amino-alcohol motifs (C(OH)–C–C–N with tert-alkyl or cyclic N) is 1. The summed E-state index contributed by atoms with van der Waals surface area (Å²) < 4.78 is 0.906. The van der Waals surface area contributed by atoms with Crippen LogP contribution >= 0.6 is 15.9 Å². The topological polar surface area (TPSA) is 47.3 Å². The summed E-state index contributed by atoms with van der Waals surface area (Å²) in [5.41, 5.74) is 1.57. The van der Waals surface area contributed by atoms with Gasteiger partial charge in [-0.1, -0.05) is 22.9 Å². The summed E-state index contributed by atoms with van der Waals surface area (Å²) in [5, 5.41) is 19.0. The first-order chi connectivity index (χ1) is 8.11. The third-order valence-electron chi connectivity index (χ3n) is 3.34. The van der Waals surface area contributed by atoms with Crippen LogP contribution in [0.2, 0.25) is 0 Å². The van der Waals surface area contributed by atoms with Gasteiger partial charge in [0.05, 0.1) is 17.4 Å². The summed E-state index contributed by atoms with van der Waals surface area (Å²) in [6.07, 6.45) is 0.654. The minimum atomic E-state index is -0.307. The Morgan fingerprint density at radius 2 is 2.29 bits per heavy atom. The standard InChI is InChI=1S/C13H15BrN2O/c1-9-4-5-16(8-13(9)17)12-3-2-11(14)6-10(12)7-15/h2-3,6,9,13,17H,4-5,8H2,1H3/t9-,13-/m1/s1. The van der Waals surface area contributed by atoms with E-state index in [9.17, 15) is 5.11 Å². The molecule has 1 N–H and O–H groups in total. The van der Waals surface area contributed by atoms with Gasteiger partial charge >= 0.3 is 0 Å². The Hall–Kier alpha value is -1.05. The van der Waals surface area contributed by atoms with E-state index in [1.54, 1.807) is 0 Å². The summed E-state index contributed by atoms with van der Waals surface area (Å²) in [6.45, 7) is 3.57. The van der Waals surface area contributed by atoms with E-state index in [0.717, 1.165) is 23.1 Å². The first kappa shape index (κ1) is 12.4. The van der Waals surface area contributed by atoms with Crippen molar-refractivity contribution in [3.05, 3.63) is 28.2 Å². The molecule has 0 bridgehead atoms. The van der Waals surface area contributed by atoms with Gasteiger partial charge in [-0.15, -0.1) is 0 Å². The Balaban J connectivity index is 2.26. The van der Waals surface area contributed by atoms with Crippen LogP contribution in [0.5, 0.6) is 0 Å². The number of halogens is 1. The summed E-state index contributed by atoms with van der Waals surface area (Å²) in [6, 6.07) is 7.89. The van der Waals surface area contributed by atoms with Crippen molar-refractivity contribution in [1.82, 2.24) is 0 Å². The van der Waals surface area contributed by atoms with Crippen LogP contribution in [0.1, 0.15) is 18.9 Å². The van der Waals surface area contributed by atoms with E-state index in [-0.39, 0.29) is 6.10 Å². The fourth-order valence-electron chi connectivity index (χ4n) is 2.14. The molecule has 90 valence electrons. The fourth-order valence-corrected chi connectivity index (χ4v) is 2.50. The number of nitrogens with zero attached hydrogens (tertiary/aromatic N) is 2. The van der Waals surface area contributed by atoms with Gasteiger partial charge in [0.15, 0.2) is 0 Å². The van der Waals surface area contributed by atoms with Gasteiger partial charge in [-0.25, -0.2) is 0 Å². The highest BCUT2D eigenvalue weighted by Gasteiger charge is 2.25. The number of rotatable bonds is 1. The summed E-state index contributed by atoms with van der Waals surface area (Å²) in [5.74, 6) is 0.340. The van der Waals surface area contributed by atoms with E-state index >= 15 is 0 Å². The molecule has 0 aromatic heterocycles. The molecule has 1 aliphatic heterocycles. The number of hydrogen-bond acceptors (Lipinski definition) is 3. The highest BCUT2D eigenvalue weighted by atomic mass is 79.9. The molecule has 0 spiro atoms. The number of aliphatic hydroxyl groups is 1. The molecule has 1 saturated heterocycles. The molecule has 0 amide bonds. The number of anilines is 1. The lowest BCUT2D eigenvalue weighted by Gasteiger charge is -2.36. The zero-order valence-electron chi connectivity index (χ0n) is 9.73. The van der Waals surface area contributed by atoms with Crippen LogP contribution in [0.4, 0.5) is 5.69 Å². The summed E-state index contributed by atoms with van der Waals surface area (Å²) in [7, 11) is 0. The third-order valence-corrected chi connectivity index (χ3v) is 3.83. The first-order valence-corrected chi connectivity index (χ1v) is 6.54. The van der Waals surface area contributed by atoms with E-state index in [4.69, 9.17) is 5.26 Å². The highest BCUT2D eigenvalue weighted by molar-refractivity contribution is 9.10. The lowest BCUT2D eigenvalue weighted by Crippen LogP contribution is -2.43. The molecule has 1 aromatic rings. The predicted molar refractivity (Wildman–Crippen MR) is 70.9 cm³/mol. The lowest BCUT2D eigenvalue weighted by atomic mass is 9.95. The number of aliphatic hydroxyl groups excluding tert-OH is 1. The first-order valence-electron chi connectivity index (χ1n) is 5.74. The Labute approximate surface area is 110 Å². The quantitative estimate of drug-likeness (QED) is 0.866. The Kier molecular flexibility index (Phi) is 3.70. The zero-order chi connectivity index (χ0) is 12.4. The summed E-state index contributed by atoms with van der Waals surface area (Å²) >= 11 is 3.36. The Morgan fingerprint density at radius 1 is 1.53 bits per heavy atom. The largest absolute Gasteiger partial charge is 0.391 e. The minimum absolute atomic E-state index is 0.307. The second-order valence-electron chi connectivity index (χ2n) is 4.55. The number of benzene rings is 1. The van der Waals surface area contributed by atoms with Crippen molar-refractivity contribution in [2.75, 3.05) is 18.0 Å². The molecule has 1 aliphatic rings. The van der Waals surface area contributed by atoms with Gasteiger partial charge in [0.1, 0.15) is 6.07 Å². The van der Waals surface area contributed by atoms with Crippen LogP contribution < -0.4 is 4.90 Å². The normalized spacial score (nSPS) is 24.5. The van der Waals surface area contributed by atoms with Gasteiger partial charge in [0.25, 0.3) is 0 Å². The van der Waals surface area contributed by atoms with Crippen LogP contribution in [0.25, 0.3) is 0 Å². The maximum absolute atomic E-state index is 9.89. The van der Waals surface area contributed by atoms with Crippen LogP contribution in [0, 0.1) is 17.2 Å². The maximum Gasteiger partial charge on any atom is 0.101 e. The molecule has 0 aliphatic carbocycles. The lowest BCUT2D eigenvalue weighted by molar-refractivity contribution is 0.103. The SMILES string of the molecule is C[C@@H]1CCN(c2ccc(Br)cc2C#N)C[C@H]1O. The van der Waals surface area contributed by atoms with Gasteiger partial charge in [-0.05, 0) is 30.5 Å². The number of piperidine rings is 1. The molecule has 2 rings (SSSR count). The zero-order valence-corrected chi connectivity index (χ0v) is 11.3. The van der Waals surface area contributed by atoms with Crippen molar-refractivity contribution in [2.45, 2.75) is 19.4 Å². The second kappa shape index (κ2) is 5.07.